The van der Waals surface area contributed by atoms with Crippen molar-refractivity contribution in [3.63, 3.8) is 0 Å². The first-order valence-electron chi connectivity index (χ1n) is 6.54. The van der Waals surface area contributed by atoms with E-state index in [0.29, 0.717) is 21.8 Å². The van der Waals surface area contributed by atoms with Gasteiger partial charge in [0.1, 0.15) is 6.61 Å². The minimum Gasteiger partial charge on any atom is -0.619 e. The molecule has 3 rings (SSSR count). The normalized spacial score (nSPS) is 14.0. The van der Waals surface area contributed by atoms with Crippen LogP contribution in [0.4, 0.5) is 0 Å². The van der Waals surface area contributed by atoms with Gasteiger partial charge in [0.2, 0.25) is 0 Å². The maximum Gasteiger partial charge on any atom is 0.340 e. The molecule has 2 aromatic heterocycles. The summed E-state index contributed by atoms with van der Waals surface area (Å²) >= 11 is 0. The number of aromatic nitrogens is 2. The van der Waals surface area contributed by atoms with E-state index < -0.39 is 0 Å². The van der Waals surface area contributed by atoms with Gasteiger partial charge in [0.15, 0.2) is 12.4 Å². The van der Waals surface area contributed by atoms with Gasteiger partial charge in [-0.1, -0.05) is 0 Å². The van der Waals surface area contributed by atoms with Gasteiger partial charge in [0, 0.05) is 18.2 Å². The summed E-state index contributed by atoms with van der Waals surface area (Å²) in [5.41, 5.74) is 2.01. The maximum absolute atomic E-state index is 12.1. The second-order valence-corrected chi connectivity index (χ2v) is 4.86. The molecule has 2 aromatic rings. The SMILES string of the molecule is O=C(OCc1ccc[n+]([O-])c1)c1cccnc1C1CC1. The Hall–Kier alpha value is -2.43. The molecule has 2 heterocycles. The number of esters is 1. The lowest BCUT2D eigenvalue weighted by Crippen LogP contribution is -2.25. The number of carbonyl (C=O) groups is 1. The molecule has 1 aliphatic carbocycles. The van der Waals surface area contributed by atoms with Crippen molar-refractivity contribution in [3.05, 3.63) is 64.9 Å². The Balaban J connectivity index is 1.70. The molecule has 0 atom stereocenters. The predicted octanol–water partition coefficient (Wildman–Crippen LogP) is 1.95. The smallest absolute Gasteiger partial charge is 0.340 e. The number of rotatable bonds is 4. The first kappa shape index (κ1) is 12.6. The van der Waals surface area contributed by atoms with Crippen LogP contribution in [0.15, 0.2) is 42.9 Å². The summed E-state index contributed by atoms with van der Waals surface area (Å²) in [6.45, 7) is 0.0842. The third-order valence-corrected chi connectivity index (χ3v) is 3.23. The Morgan fingerprint density at radius 2 is 2.25 bits per heavy atom. The van der Waals surface area contributed by atoms with E-state index in [2.05, 4.69) is 4.98 Å². The quantitative estimate of drug-likeness (QED) is 0.484. The van der Waals surface area contributed by atoms with Crippen LogP contribution in [-0.4, -0.2) is 11.0 Å². The van der Waals surface area contributed by atoms with E-state index in [1.807, 2.05) is 0 Å². The van der Waals surface area contributed by atoms with Crippen LogP contribution in [-0.2, 0) is 11.3 Å². The Morgan fingerprint density at radius 3 is 3.00 bits per heavy atom. The average molecular weight is 270 g/mol. The van der Waals surface area contributed by atoms with Crippen LogP contribution in [0, 0.1) is 5.21 Å². The van der Waals surface area contributed by atoms with E-state index >= 15 is 0 Å². The van der Waals surface area contributed by atoms with Crippen LogP contribution in [0.25, 0.3) is 0 Å². The first-order valence-corrected chi connectivity index (χ1v) is 6.54. The van der Waals surface area contributed by atoms with Crippen molar-refractivity contribution in [2.75, 3.05) is 0 Å². The first-order chi connectivity index (χ1) is 9.74. The molecule has 0 radical (unpaired) electrons. The highest BCUT2D eigenvalue weighted by atomic mass is 16.5. The van der Waals surface area contributed by atoms with Crippen molar-refractivity contribution in [2.45, 2.75) is 25.4 Å². The van der Waals surface area contributed by atoms with Crippen molar-refractivity contribution in [2.24, 2.45) is 0 Å². The number of hydrogen-bond donors (Lipinski definition) is 0. The molecule has 0 spiro atoms. The minimum atomic E-state index is -0.388. The summed E-state index contributed by atoms with van der Waals surface area (Å²) < 4.78 is 5.94. The van der Waals surface area contributed by atoms with Crippen LogP contribution in [0.2, 0.25) is 0 Å². The minimum absolute atomic E-state index is 0.0842. The number of carbonyl (C=O) groups excluding carboxylic acids is 1. The van der Waals surface area contributed by atoms with Crippen molar-refractivity contribution in [3.8, 4) is 0 Å². The van der Waals surface area contributed by atoms with E-state index in [1.165, 1.54) is 12.4 Å². The summed E-state index contributed by atoms with van der Waals surface area (Å²) in [5.74, 6) is 0.000535. The van der Waals surface area contributed by atoms with Gasteiger partial charge in [0.05, 0.1) is 16.8 Å². The van der Waals surface area contributed by atoms with Gasteiger partial charge in [-0.15, -0.1) is 0 Å². The zero-order valence-corrected chi connectivity index (χ0v) is 10.9. The van der Waals surface area contributed by atoms with Crippen LogP contribution in [0.1, 0.15) is 40.4 Å². The van der Waals surface area contributed by atoms with Crippen LogP contribution in [0.3, 0.4) is 0 Å². The molecular formula is C15H14N2O3. The molecule has 0 amide bonds. The molecule has 0 saturated heterocycles. The highest BCUT2D eigenvalue weighted by Crippen LogP contribution is 2.40. The third kappa shape index (κ3) is 2.77. The monoisotopic (exact) mass is 270 g/mol. The van der Waals surface area contributed by atoms with Gasteiger partial charge in [-0.05, 0) is 31.0 Å². The highest BCUT2D eigenvalue weighted by Gasteiger charge is 2.29. The number of hydrogen-bond acceptors (Lipinski definition) is 4. The van der Waals surface area contributed by atoms with Gasteiger partial charge in [-0.25, -0.2) is 4.79 Å². The largest absolute Gasteiger partial charge is 0.619 e. The number of nitrogens with zero attached hydrogens (tertiary/aromatic N) is 2. The number of pyridine rings is 2. The zero-order valence-electron chi connectivity index (χ0n) is 10.9. The van der Waals surface area contributed by atoms with Gasteiger partial charge < -0.3 is 9.94 Å². The van der Waals surface area contributed by atoms with E-state index in [4.69, 9.17) is 4.74 Å². The molecule has 20 heavy (non-hydrogen) atoms. The molecule has 0 aliphatic heterocycles. The van der Waals surface area contributed by atoms with Crippen LogP contribution >= 0.6 is 0 Å². The maximum atomic E-state index is 12.1. The van der Waals surface area contributed by atoms with Crippen LogP contribution in [0.5, 0.6) is 0 Å². The summed E-state index contributed by atoms with van der Waals surface area (Å²) in [5, 5.41) is 11.1. The second kappa shape index (κ2) is 5.28. The molecule has 102 valence electrons. The van der Waals surface area contributed by atoms with E-state index in [1.54, 1.807) is 30.5 Å². The molecule has 0 N–H and O–H groups in total. The fraction of sp³-hybridized carbons (Fsp3) is 0.267. The lowest BCUT2D eigenvalue weighted by molar-refractivity contribution is -0.606. The lowest BCUT2D eigenvalue weighted by atomic mass is 10.1. The Morgan fingerprint density at radius 1 is 1.40 bits per heavy atom. The molecular weight excluding hydrogens is 256 g/mol. The molecule has 0 aromatic carbocycles. The summed E-state index contributed by atoms with van der Waals surface area (Å²) in [4.78, 5) is 16.4. The standard InChI is InChI=1S/C15H14N2O3/c18-15(20-10-11-3-2-8-17(19)9-11)13-4-1-7-16-14(13)12-5-6-12/h1-4,7-9,12H,5-6,10H2. The van der Waals surface area contributed by atoms with Crippen LogP contribution < -0.4 is 4.73 Å². The van der Waals surface area contributed by atoms with E-state index in [-0.39, 0.29) is 12.6 Å². The van der Waals surface area contributed by atoms with Crippen molar-refractivity contribution >= 4 is 5.97 Å². The Kier molecular flexibility index (Phi) is 3.33. The summed E-state index contributed by atoms with van der Waals surface area (Å²) in [6, 6.07) is 6.83. The summed E-state index contributed by atoms with van der Waals surface area (Å²) in [7, 11) is 0. The van der Waals surface area contributed by atoms with Crippen molar-refractivity contribution in [1.82, 2.24) is 4.98 Å². The third-order valence-electron chi connectivity index (χ3n) is 3.23. The number of ether oxygens (including phenoxy) is 1. The Bertz CT molecular complexity index is 639. The predicted molar refractivity (Wildman–Crippen MR) is 70.7 cm³/mol. The van der Waals surface area contributed by atoms with Crippen molar-refractivity contribution in [1.29, 1.82) is 0 Å². The molecule has 1 saturated carbocycles. The molecule has 0 bridgehead atoms. The van der Waals surface area contributed by atoms with E-state index in [0.717, 1.165) is 18.5 Å². The second-order valence-electron chi connectivity index (χ2n) is 4.86. The molecule has 0 unspecified atom stereocenters. The zero-order chi connectivity index (χ0) is 13.9. The Labute approximate surface area is 116 Å². The topological polar surface area (TPSA) is 66.1 Å². The average Bonchev–Trinajstić information content (AvgIpc) is 3.29. The fourth-order valence-electron chi connectivity index (χ4n) is 2.09. The highest BCUT2D eigenvalue weighted by molar-refractivity contribution is 5.90. The molecule has 1 fully saturated rings. The van der Waals surface area contributed by atoms with E-state index in [9.17, 15) is 10.0 Å². The summed E-state index contributed by atoms with van der Waals surface area (Å²) in [6.07, 6.45) is 6.62. The van der Waals surface area contributed by atoms with Gasteiger partial charge in [0.25, 0.3) is 0 Å². The van der Waals surface area contributed by atoms with Gasteiger partial charge in [-0.2, -0.15) is 4.73 Å². The molecule has 5 heteroatoms. The lowest BCUT2D eigenvalue weighted by Gasteiger charge is -2.08. The van der Waals surface area contributed by atoms with Gasteiger partial charge in [-0.3, -0.25) is 4.98 Å². The molecule has 5 nitrogen and oxygen atoms in total. The molecule has 1 aliphatic rings. The van der Waals surface area contributed by atoms with Gasteiger partial charge >= 0.3 is 5.97 Å². The fourth-order valence-corrected chi connectivity index (χ4v) is 2.09. The van der Waals surface area contributed by atoms with Crippen molar-refractivity contribution < 1.29 is 14.3 Å².